The predicted octanol–water partition coefficient (Wildman–Crippen LogP) is 1.23. The van der Waals surface area contributed by atoms with Crippen LogP contribution < -0.4 is 5.32 Å². The molecule has 20 heavy (non-hydrogen) atoms. The summed E-state index contributed by atoms with van der Waals surface area (Å²) in [4.78, 5) is 37.0. The summed E-state index contributed by atoms with van der Waals surface area (Å²) in [5.74, 6) is -0.944. The molecule has 102 valence electrons. The number of nitrogens with zero attached hydrogens (tertiary/aromatic N) is 1. The monoisotopic (exact) mass is 270 g/mol. The lowest BCUT2D eigenvalue weighted by Gasteiger charge is -2.30. The van der Waals surface area contributed by atoms with Crippen molar-refractivity contribution in [1.82, 2.24) is 10.2 Å². The lowest BCUT2D eigenvalue weighted by Crippen LogP contribution is -2.52. The third-order valence-corrected chi connectivity index (χ3v) is 3.75. The number of nitrogens with one attached hydrogen (secondary N) is 1. The van der Waals surface area contributed by atoms with Crippen molar-refractivity contribution < 1.29 is 14.4 Å². The largest absolute Gasteiger partial charge is 0.296 e. The van der Waals surface area contributed by atoms with Gasteiger partial charge in [-0.15, -0.1) is 0 Å². The van der Waals surface area contributed by atoms with Crippen LogP contribution in [-0.4, -0.2) is 28.7 Å². The number of rotatable bonds is 1. The van der Waals surface area contributed by atoms with Crippen molar-refractivity contribution in [3.8, 4) is 0 Å². The number of fused-ring (bicyclic) bond motifs is 1. The van der Waals surface area contributed by atoms with Crippen LogP contribution in [0.3, 0.4) is 0 Å². The molecule has 3 amide bonds. The first-order chi connectivity index (χ1) is 9.49. The quantitative estimate of drug-likeness (QED) is 0.780. The van der Waals surface area contributed by atoms with Gasteiger partial charge < -0.3 is 0 Å². The average molecular weight is 270 g/mol. The molecule has 5 heteroatoms. The van der Waals surface area contributed by atoms with Crippen LogP contribution in [0, 0.1) is 6.92 Å². The van der Waals surface area contributed by atoms with Crippen LogP contribution in [0.4, 0.5) is 0 Å². The van der Waals surface area contributed by atoms with E-state index in [9.17, 15) is 14.4 Å². The maximum atomic E-state index is 12.5. The van der Waals surface area contributed by atoms with E-state index in [1.807, 2.05) is 19.1 Å². The van der Waals surface area contributed by atoms with E-state index in [2.05, 4.69) is 11.9 Å². The van der Waals surface area contributed by atoms with Crippen molar-refractivity contribution in [3.05, 3.63) is 41.5 Å². The number of amides is 3. The zero-order valence-electron chi connectivity index (χ0n) is 11.1. The van der Waals surface area contributed by atoms with E-state index in [0.29, 0.717) is 17.7 Å². The van der Waals surface area contributed by atoms with Gasteiger partial charge in [0.15, 0.2) is 0 Å². The summed E-state index contributed by atoms with van der Waals surface area (Å²) < 4.78 is 0. The molecular formula is C15H14N2O3. The molecule has 2 aliphatic rings. The van der Waals surface area contributed by atoms with E-state index < -0.39 is 11.9 Å². The first kappa shape index (κ1) is 12.6. The van der Waals surface area contributed by atoms with Crippen LogP contribution in [0.5, 0.6) is 0 Å². The third-order valence-electron chi connectivity index (χ3n) is 3.75. The fourth-order valence-electron chi connectivity index (χ4n) is 2.73. The lowest BCUT2D eigenvalue weighted by atomic mass is 10.0. The second-order valence-electron chi connectivity index (χ2n) is 5.14. The molecule has 2 heterocycles. The number of aryl methyl sites for hydroxylation is 1. The van der Waals surface area contributed by atoms with Gasteiger partial charge in [-0.3, -0.25) is 24.6 Å². The van der Waals surface area contributed by atoms with E-state index >= 15 is 0 Å². The van der Waals surface area contributed by atoms with Gasteiger partial charge in [0.2, 0.25) is 11.8 Å². The minimum absolute atomic E-state index is 0.219. The Morgan fingerprint density at radius 2 is 2.00 bits per heavy atom. The smallest absolute Gasteiger partial charge is 0.259 e. The Morgan fingerprint density at radius 3 is 2.70 bits per heavy atom. The topological polar surface area (TPSA) is 66.5 Å². The number of carbonyl (C=O) groups is 3. The van der Waals surface area contributed by atoms with Crippen molar-refractivity contribution in [3.63, 3.8) is 0 Å². The van der Waals surface area contributed by atoms with Crippen LogP contribution in [0.15, 0.2) is 24.8 Å². The van der Waals surface area contributed by atoms with Gasteiger partial charge in [0.05, 0.1) is 0 Å². The molecule has 1 unspecified atom stereocenters. The van der Waals surface area contributed by atoms with Crippen LogP contribution in [0.2, 0.25) is 0 Å². The number of benzene rings is 1. The molecule has 1 aromatic carbocycles. The maximum absolute atomic E-state index is 12.5. The van der Waals surface area contributed by atoms with E-state index in [-0.39, 0.29) is 18.2 Å². The predicted molar refractivity (Wildman–Crippen MR) is 72.6 cm³/mol. The molecule has 0 aromatic heterocycles. The van der Waals surface area contributed by atoms with Crippen molar-refractivity contribution >= 4 is 23.4 Å². The molecule has 1 N–H and O–H groups in total. The van der Waals surface area contributed by atoms with Crippen LogP contribution >= 0.6 is 0 Å². The molecule has 0 spiro atoms. The van der Waals surface area contributed by atoms with E-state index in [1.54, 1.807) is 6.07 Å². The van der Waals surface area contributed by atoms with Gasteiger partial charge in [0, 0.05) is 23.2 Å². The fourth-order valence-corrected chi connectivity index (χ4v) is 2.73. The Bertz CT molecular complexity index is 663. The Labute approximate surface area is 116 Å². The molecule has 1 atom stereocenters. The molecule has 0 saturated carbocycles. The van der Waals surface area contributed by atoms with Crippen LogP contribution in [0.1, 0.15) is 34.3 Å². The second kappa shape index (κ2) is 4.30. The van der Waals surface area contributed by atoms with Crippen LogP contribution in [-0.2, 0) is 9.59 Å². The van der Waals surface area contributed by atoms with Crippen molar-refractivity contribution in [1.29, 1.82) is 0 Å². The summed E-state index contributed by atoms with van der Waals surface area (Å²) in [6.45, 7) is 5.83. The van der Waals surface area contributed by atoms with Gasteiger partial charge in [0.25, 0.3) is 5.91 Å². The van der Waals surface area contributed by atoms with Gasteiger partial charge in [-0.25, -0.2) is 0 Å². The molecule has 0 aliphatic carbocycles. The second-order valence-corrected chi connectivity index (χ2v) is 5.14. The fraction of sp³-hybridized carbons (Fsp3) is 0.267. The molecule has 1 fully saturated rings. The zero-order chi connectivity index (χ0) is 14.4. The lowest BCUT2D eigenvalue weighted by molar-refractivity contribution is -0.136. The summed E-state index contributed by atoms with van der Waals surface area (Å²) in [5.41, 5.74) is 2.83. The average Bonchev–Trinajstić information content (AvgIpc) is 2.63. The number of hydrogen-bond acceptors (Lipinski definition) is 3. The van der Waals surface area contributed by atoms with Gasteiger partial charge in [0.1, 0.15) is 6.04 Å². The molecule has 5 nitrogen and oxygen atoms in total. The van der Waals surface area contributed by atoms with E-state index in [1.165, 1.54) is 4.90 Å². The van der Waals surface area contributed by atoms with Gasteiger partial charge in [-0.05, 0) is 19.4 Å². The third kappa shape index (κ3) is 1.74. The SMILES string of the molecule is C=C1c2ccc(C)cc2C(=O)N1C1CCC(=O)NC1=O. The molecule has 1 aromatic rings. The van der Waals surface area contributed by atoms with E-state index in [0.717, 1.165) is 11.1 Å². The van der Waals surface area contributed by atoms with Gasteiger partial charge >= 0.3 is 0 Å². The highest BCUT2D eigenvalue weighted by molar-refractivity contribution is 6.12. The van der Waals surface area contributed by atoms with Gasteiger partial charge in [-0.2, -0.15) is 0 Å². The summed E-state index contributed by atoms with van der Waals surface area (Å²) in [6.07, 6.45) is 0.575. The molecule has 0 bridgehead atoms. The molecule has 2 aliphatic heterocycles. The summed E-state index contributed by atoms with van der Waals surface area (Å²) >= 11 is 0. The van der Waals surface area contributed by atoms with Crippen molar-refractivity contribution in [2.24, 2.45) is 0 Å². The first-order valence-corrected chi connectivity index (χ1v) is 6.46. The number of hydrogen-bond donors (Lipinski definition) is 1. The normalized spacial score (nSPS) is 22.1. The summed E-state index contributed by atoms with van der Waals surface area (Å²) in [5, 5.41) is 2.27. The van der Waals surface area contributed by atoms with E-state index in [4.69, 9.17) is 0 Å². The zero-order valence-corrected chi connectivity index (χ0v) is 11.1. The van der Waals surface area contributed by atoms with Gasteiger partial charge in [-0.1, -0.05) is 24.3 Å². The minimum atomic E-state index is -0.652. The Morgan fingerprint density at radius 1 is 1.25 bits per heavy atom. The molecular weight excluding hydrogens is 256 g/mol. The molecule has 1 saturated heterocycles. The Kier molecular flexibility index (Phi) is 2.71. The van der Waals surface area contributed by atoms with Crippen molar-refractivity contribution in [2.75, 3.05) is 0 Å². The summed E-state index contributed by atoms with van der Waals surface area (Å²) in [6, 6.07) is 4.90. The highest BCUT2D eigenvalue weighted by atomic mass is 16.2. The standard InChI is InChI=1S/C15H14N2O3/c1-8-3-4-10-9(2)17(15(20)11(10)7-8)12-5-6-13(18)16-14(12)19/h3-4,7,12H,2,5-6H2,1H3,(H,16,18,19). The highest BCUT2D eigenvalue weighted by Gasteiger charge is 2.41. The molecule has 0 radical (unpaired) electrons. The Balaban J connectivity index is 1.97. The maximum Gasteiger partial charge on any atom is 0.259 e. The minimum Gasteiger partial charge on any atom is -0.296 e. The van der Waals surface area contributed by atoms with Crippen molar-refractivity contribution in [2.45, 2.75) is 25.8 Å². The van der Waals surface area contributed by atoms with Crippen LogP contribution in [0.25, 0.3) is 5.70 Å². The highest BCUT2D eigenvalue weighted by Crippen LogP contribution is 2.35. The first-order valence-electron chi connectivity index (χ1n) is 6.46. The molecule has 3 rings (SSSR count). The number of piperidine rings is 1. The summed E-state index contributed by atoms with van der Waals surface area (Å²) in [7, 11) is 0. The Hall–Kier alpha value is -2.43. The number of imide groups is 1. The number of carbonyl (C=O) groups excluding carboxylic acids is 3.